The third-order valence-electron chi connectivity index (χ3n) is 3.43. The van der Waals surface area contributed by atoms with Crippen LogP contribution in [0.25, 0.3) is 0 Å². The van der Waals surface area contributed by atoms with E-state index in [1.807, 2.05) is 0 Å². The van der Waals surface area contributed by atoms with Gasteiger partial charge in [0.25, 0.3) is 0 Å². The number of esters is 1. The van der Waals surface area contributed by atoms with Gasteiger partial charge in [0.05, 0.1) is 17.7 Å². The molecule has 0 spiro atoms. The van der Waals surface area contributed by atoms with Crippen LogP contribution in [0.15, 0.2) is 35.9 Å². The van der Waals surface area contributed by atoms with Crippen molar-refractivity contribution in [3.8, 4) is 0 Å². The molecule has 1 rings (SSSR count). The molecule has 1 unspecified atom stereocenters. The molecule has 1 atom stereocenters. The second kappa shape index (κ2) is 9.03. The van der Waals surface area contributed by atoms with Crippen LogP contribution in [0.4, 0.5) is 0 Å². The van der Waals surface area contributed by atoms with Crippen LogP contribution in [-0.4, -0.2) is 23.7 Å². The van der Waals surface area contributed by atoms with Crippen LogP contribution in [0.5, 0.6) is 0 Å². The molecule has 1 aromatic rings. The van der Waals surface area contributed by atoms with Gasteiger partial charge in [0, 0.05) is 0 Å². The summed E-state index contributed by atoms with van der Waals surface area (Å²) in [6.45, 7) is 6.58. The topological polar surface area (TPSA) is 63.6 Å². The first-order valence-corrected chi connectivity index (χ1v) is 7.54. The summed E-state index contributed by atoms with van der Waals surface area (Å²) >= 11 is 0. The van der Waals surface area contributed by atoms with E-state index in [1.54, 1.807) is 12.1 Å². The predicted molar refractivity (Wildman–Crippen MR) is 86.1 cm³/mol. The molecule has 0 bridgehead atoms. The van der Waals surface area contributed by atoms with Crippen molar-refractivity contribution in [3.63, 3.8) is 0 Å². The predicted octanol–water partition coefficient (Wildman–Crippen LogP) is 4.31. The number of hydrogen-bond donors (Lipinski definition) is 1. The Morgan fingerprint density at radius 1 is 1.18 bits per heavy atom. The number of rotatable bonds is 8. The van der Waals surface area contributed by atoms with Crippen LogP contribution in [0, 0.1) is 5.92 Å². The molecule has 4 nitrogen and oxygen atoms in total. The van der Waals surface area contributed by atoms with Gasteiger partial charge in [-0.15, -0.1) is 0 Å². The van der Waals surface area contributed by atoms with E-state index in [4.69, 9.17) is 9.84 Å². The number of ether oxygens (including phenoxy) is 1. The highest BCUT2D eigenvalue weighted by Gasteiger charge is 2.17. The van der Waals surface area contributed by atoms with E-state index in [-0.39, 0.29) is 11.1 Å². The number of aromatic carboxylic acids is 1. The van der Waals surface area contributed by atoms with Crippen LogP contribution < -0.4 is 0 Å². The normalized spacial score (nSPS) is 11.6. The zero-order chi connectivity index (χ0) is 16.5. The Hall–Kier alpha value is -2.10. The lowest BCUT2D eigenvalue weighted by Crippen LogP contribution is -2.13. The molecule has 0 aliphatic heterocycles. The zero-order valence-corrected chi connectivity index (χ0v) is 13.5. The van der Waals surface area contributed by atoms with Gasteiger partial charge in [0.1, 0.15) is 0 Å². The lowest BCUT2D eigenvalue weighted by atomic mass is 10.0. The van der Waals surface area contributed by atoms with E-state index in [9.17, 15) is 9.59 Å². The first-order chi connectivity index (χ1) is 10.4. The molecule has 120 valence electrons. The fraction of sp³-hybridized carbons (Fsp3) is 0.444. The molecule has 0 aliphatic rings. The number of hydrogen-bond acceptors (Lipinski definition) is 3. The van der Waals surface area contributed by atoms with Gasteiger partial charge in [-0.05, 0) is 51.2 Å². The van der Waals surface area contributed by atoms with Crippen molar-refractivity contribution in [2.75, 3.05) is 6.61 Å². The number of carboxylic acid groups (broad SMARTS) is 1. The van der Waals surface area contributed by atoms with Crippen molar-refractivity contribution in [2.24, 2.45) is 5.92 Å². The SMILES string of the molecule is CC(C)=CCCC(C)CCOC(=O)c1ccccc1C(=O)O. The van der Waals surface area contributed by atoms with E-state index in [0.29, 0.717) is 12.5 Å². The van der Waals surface area contributed by atoms with Gasteiger partial charge in [0.15, 0.2) is 0 Å². The van der Waals surface area contributed by atoms with Gasteiger partial charge in [0.2, 0.25) is 0 Å². The summed E-state index contributed by atoms with van der Waals surface area (Å²) in [5.74, 6) is -1.24. The van der Waals surface area contributed by atoms with E-state index in [2.05, 4.69) is 26.8 Å². The number of carboxylic acids is 1. The van der Waals surface area contributed by atoms with Crippen LogP contribution in [0.1, 0.15) is 60.7 Å². The van der Waals surface area contributed by atoms with Crippen molar-refractivity contribution in [1.29, 1.82) is 0 Å². The molecule has 0 radical (unpaired) electrons. The molecule has 0 aliphatic carbocycles. The second-order valence-corrected chi connectivity index (χ2v) is 5.74. The summed E-state index contributed by atoms with van der Waals surface area (Å²) in [7, 11) is 0. The monoisotopic (exact) mass is 304 g/mol. The number of allylic oxidation sites excluding steroid dienone is 2. The van der Waals surface area contributed by atoms with E-state index in [0.717, 1.165) is 19.3 Å². The Morgan fingerprint density at radius 2 is 1.82 bits per heavy atom. The Bertz CT molecular complexity index is 542. The fourth-order valence-corrected chi connectivity index (χ4v) is 2.08. The third kappa shape index (κ3) is 6.12. The molecule has 0 fully saturated rings. The molecule has 0 aromatic heterocycles. The van der Waals surface area contributed by atoms with E-state index >= 15 is 0 Å². The van der Waals surface area contributed by atoms with Crippen molar-refractivity contribution < 1.29 is 19.4 Å². The van der Waals surface area contributed by atoms with Gasteiger partial charge < -0.3 is 9.84 Å². The summed E-state index contributed by atoms with van der Waals surface area (Å²) in [6, 6.07) is 6.10. The Kier molecular flexibility index (Phi) is 7.37. The highest BCUT2D eigenvalue weighted by Crippen LogP contribution is 2.14. The third-order valence-corrected chi connectivity index (χ3v) is 3.43. The van der Waals surface area contributed by atoms with Crippen molar-refractivity contribution >= 4 is 11.9 Å². The molecule has 22 heavy (non-hydrogen) atoms. The van der Waals surface area contributed by atoms with Gasteiger partial charge in [-0.25, -0.2) is 9.59 Å². The maximum Gasteiger partial charge on any atom is 0.339 e. The second-order valence-electron chi connectivity index (χ2n) is 5.74. The molecule has 1 N–H and O–H groups in total. The molecule has 4 heteroatoms. The van der Waals surface area contributed by atoms with Crippen LogP contribution in [0.3, 0.4) is 0 Å². The average molecular weight is 304 g/mol. The molecule has 0 heterocycles. The Labute approximate surface area is 131 Å². The minimum absolute atomic E-state index is 0.0240. The average Bonchev–Trinajstić information content (AvgIpc) is 2.46. The fourth-order valence-electron chi connectivity index (χ4n) is 2.08. The minimum atomic E-state index is -1.12. The highest BCUT2D eigenvalue weighted by atomic mass is 16.5. The van der Waals surface area contributed by atoms with Gasteiger partial charge in [-0.3, -0.25) is 0 Å². The lowest BCUT2D eigenvalue weighted by Gasteiger charge is -2.11. The van der Waals surface area contributed by atoms with Crippen molar-refractivity contribution in [3.05, 3.63) is 47.0 Å². The van der Waals surface area contributed by atoms with E-state index in [1.165, 1.54) is 17.7 Å². The number of carbonyl (C=O) groups excluding carboxylic acids is 1. The van der Waals surface area contributed by atoms with Gasteiger partial charge in [-0.1, -0.05) is 30.7 Å². The first kappa shape index (κ1) is 18.0. The van der Waals surface area contributed by atoms with Crippen LogP contribution >= 0.6 is 0 Å². The molecular formula is C18H24O4. The lowest BCUT2D eigenvalue weighted by molar-refractivity contribution is 0.0474. The highest BCUT2D eigenvalue weighted by molar-refractivity contribution is 6.02. The first-order valence-electron chi connectivity index (χ1n) is 7.54. The summed E-state index contributed by atoms with van der Waals surface area (Å²) in [5, 5.41) is 9.06. The smallest absolute Gasteiger partial charge is 0.339 e. The molecule has 0 saturated carbocycles. The molecule has 0 saturated heterocycles. The van der Waals surface area contributed by atoms with Crippen LogP contribution in [-0.2, 0) is 4.74 Å². The Morgan fingerprint density at radius 3 is 2.41 bits per heavy atom. The minimum Gasteiger partial charge on any atom is -0.478 e. The zero-order valence-electron chi connectivity index (χ0n) is 13.5. The Balaban J connectivity index is 2.44. The van der Waals surface area contributed by atoms with Crippen LogP contribution in [0.2, 0.25) is 0 Å². The molecule has 1 aromatic carbocycles. The van der Waals surface area contributed by atoms with Crippen molar-refractivity contribution in [2.45, 2.75) is 40.0 Å². The summed E-state index contributed by atoms with van der Waals surface area (Å²) in [5.41, 5.74) is 1.39. The molecule has 0 amide bonds. The maximum atomic E-state index is 12.0. The standard InChI is InChI=1S/C18H24O4/c1-13(2)7-6-8-14(3)11-12-22-18(21)16-10-5-4-9-15(16)17(19)20/h4-5,7,9-10,14H,6,8,11-12H2,1-3H3,(H,19,20). The number of benzene rings is 1. The van der Waals surface area contributed by atoms with Gasteiger partial charge >= 0.3 is 11.9 Å². The largest absolute Gasteiger partial charge is 0.478 e. The van der Waals surface area contributed by atoms with Gasteiger partial charge in [-0.2, -0.15) is 0 Å². The number of carbonyl (C=O) groups is 2. The summed E-state index contributed by atoms with van der Waals surface area (Å²) in [6.07, 6.45) is 5.05. The molecular weight excluding hydrogens is 280 g/mol. The van der Waals surface area contributed by atoms with E-state index < -0.39 is 11.9 Å². The summed E-state index contributed by atoms with van der Waals surface area (Å²) in [4.78, 5) is 23.0. The maximum absolute atomic E-state index is 12.0. The summed E-state index contributed by atoms with van der Waals surface area (Å²) < 4.78 is 5.20. The quantitative estimate of drug-likeness (QED) is 0.574. The van der Waals surface area contributed by atoms with Crippen molar-refractivity contribution in [1.82, 2.24) is 0 Å².